The topological polar surface area (TPSA) is 175 Å². The Hall–Kier alpha value is -4.86. The van der Waals surface area contributed by atoms with E-state index < -0.39 is 36.7 Å². The second-order valence-electron chi connectivity index (χ2n) is 8.60. The van der Waals surface area contributed by atoms with Gasteiger partial charge in [0.25, 0.3) is 0 Å². The van der Waals surface area contributed by atoms with Crippen LogP contribution in [0.15, 0.2) is 53.3 Å². The summed E-state index contributed by atoms with van der Waals surface area (Å²) in [5.41, 5.74) is 10.6. The molecule has 13 nitrogen and oxygen atoms in total. The van der Waals surface area contributed by atoms with Crippen molar-refractivity contribution in [3.05, 3.63) is 81.3 Å². The number of para-hydroxylation sites is 1. The molecule has 1 unspecified atom stereocenters. The lowest BCUT2D eigenvalue weighted by atomic mass is 10.2. The van der Waals surface area contributed by atoms with E-state index in [-0.39, 0.29) is 36.2 Å². The average Bonchev–Trinajstić information content (AvgIpc) is 3.43. The van der Waals surface area contributed by atoms with Gasteiger partial charge in [0.1, 0.15) is 6.54 Å². The summed E-state index contributed by atoms with van der Waals surface area (Å²) < 4.78 is 53.0. The van der Waals surface area contributed by atoms with Crippen molar-refractivity contribution >= 4 is 23.8 Å². The van der Waals surface area contributed by atoms with Gasteiger partial charge in [0.15, 0.2) is 24.1 Å². The minimum atomic E-state index is -5.04. The van der Waals surface area contributed by atoms with E-state index in [1.165, 1.54) is 28.9 Å². The molecule has 2 heterocycles. The largest absolute Gasteiger partial charge is 0.441 e. The number of alkyl halides is 3. The standard InChI is InChI=1S/C24H22ClF3N8O5/c1-13-4-2-3-5-16(13)36-19(12-40-21(29)37)31-18(32-36)11-35-23(39)34(10-17(24(26,27)28)41-22(30)38)20(33-35)14-6-8-15(25)9-7-14/h2-9,17H,10-12H2,1H3,(H2,29,37)(H2,30,38). The molecule has 0 aliphatic heterocycles. The molecule has 0 radical (unpaired) electrons. The van der Waals surface area contributed by atoms with Gasteiger partial charge in [0, 0.05) is 10.6 Å². The zero-order valence-electron chi connectivity index (χ0n) is 21.2. The SMILES string of the molecule is Cc1ccccc1-n1nc(Cn2nc(-c3ccc(Cl)cc3)n(CC(OC(N)=O)C(F)(F)F)c2=O)nc1COC(N)=O. The van der Waals surface area contributed by atoms with E-state index in [0.29, 0.717) is 15.3 Å². The minimum absolute atomic E-state index is 0.0199. The van der Waals surface area contributed by atoms with E-state index in [4.69, 9.17) is 27.8 Å². The quantitative estimate of drug-likeness (QED) is 0.297. The lowest BCUT2D eigenvalue weighted by Gasteiger charge is -2.20. The zero-order valence-corrected chi connectivity index (χ0v) is 22.0. The van der Waals surface area contributed by atoms with Crippen molar-refractivity contribution < 1.29 is 32.2 Å². The van der Waals surface area contributed by atoms with Crippen molar-refractivity contribution in [2.75, 3.05) is 0 Å². The maximum Gasteiger partial charge on any atom is 0.427 e. The molecule has 216 valence electrons. The summed E-state index contributed by atoms with van der Waals surface area (Å²) in [7, 11) is 0. The first-order valence-corrected chi connectivity index (χ1v) is 12.1. The van der Waals surface area contributed by atoms with Gasteiger partial charge >= 0.3 is 24.1 Å². The Morgan fingerprint density at radius 1 is 1.05 bits per heavy atom. The van der Waals surface area contributed by atoms with Crippen LogP contribution >= 0.6 is 11.6 Å². The molecule has 0 aliphatic carbocycles. The fourth-order valence-corrected chi connectivity index (χ4v) is 3.98. The van der Waals surface area contributed by atoms with Crippen LogP contribution in [0.5, 0.6) is 0 Å². The Labute approximate surface area is 234 Å². The van der Waals surface area contributed by atoms with Crippen LogP contribution < -0.4 is 17.2 Å². The van der Waals surface area contributed by atoms with E-state index in [9.17, 15) is 27.6 Å². The molecular formula is C24H22ClF3N8O5. The van der Waals surface area contributed by atoms with E-state index in [0.717, 1.165) is 10.2 Å². The molecule has 2 aromatic carbocycles. The van der Waals surface area contributed by atoms with E-state index in [1.54, 1.807) is 18.2 Å². The number of carbonyl (C=O) groups excluding carboxylic acids is 2. The second kappa shape index (κ2) is 11.7. The van der Waals surface area contributed by atoms with Gasteiger partial charge in [0.05, 0.1) is 12.2 Å². The van der Waals surface area contributed by atoms with Crippen molar-refractivity contribution in [2.45, 2.75) is 38.9 Å². The summed E-state index contributed by atoms with van der Waals surface area (Å²) in [6, 6.07) is 12.9. The predicted octanol–water partition coefficient (Wildman–Crippen LogP) is 2.92. The predicted molar refractivity (Wildman–Crippen MR) is 137 cm³/mol. The van der Waals surface area contributed by atoms with Crippen LogP contribution in [0, 0.1) is 6.92 Å². The summed E-state index contributed by atoms with van der Waals surface area (Å²) in [6.07, 6.45) is -10.5. The van der Waals surface area contributed by atoms with Crippen LogP contribution in [0.4, 0.5) is 22.8 Å². The van der Waals surface area contributed by atoms with Gasteiger partial charge in [-0.15, -0.1) is 10.2 Å². The van der Waals surface area contributed by atoms with Crippen LogP contribution in [0.25, 0.3) is 17.1 Å². The number of nitrogens with two attached hydrogens (primary N) is 2. The lowest BCUT2D eigenvalue weighted by molar-refractivity contribution is -0.206. The van der Waals surface area contributed by atoms with Gasteiger partial charge < -0.3 is 20.9 Å². The van der Waals surface area contributed by atoms with Gasteiger partial charge in [-0.2, -0.15) is 13.2 Å². The molecule has 0 bridgehead atoms. The minimum Gasteiger partial charge on any atom is -0.441 e. The number of benzene rings is 2. The Balaban J connectivity index is 1.78. The number of hydrogen-bond acceptors (Lipinski definition) is 8. The Kier molecular flexibility index (Phi) is 8.32. The molecule has 0 aliphatic rings. The average molecular weight is 595 g/mol. The van der Waals surface area contributed by atoms with Gasteiger partial charge in [-0.1, -0.05) is 29.8 Å². The number of carbonyl (C=O) groups is 2. The normalized spacial score (nSPS) is 12.2. The molecule has 0 fully saturated rings. The van der Waals surface area contributed by atoms with E-state index in [2.05, 4.69) is 19.9 Å². The fraction of sp³-hybridized carbons (Fsp3) is 0.250. The molecule has 1 atom stereocenters. The Bertz CT molecular complexity index is 1630. The first kappa shape index (κ1) is 29.1. The van der Waals surface area contributed by atoms with Crippen LogP contribution in [0.3, 0.4) is 0 Å². The summed E-state index contributed by atoms with van der Waals surface area (Å²) in [4.78, 5) is 40.1. The summed E-state index contributed by atoms with van der Waals surface area (Å²) in [5.74, 6) is 0.00148. The van der Waals surface area contributed by atoms with Crippen molar-refractivity contribution in [1.29, 1.82) is 0 Å². The van der Waals surface area contributed by atoms with Crippen LogP contribution in [-0.4, -0.2) is 53.6 Å². The molecule has 4 rings (SSSR count). The van der Waals surface area contributed by atoms with Crippen molar-refractivity contribution in [3.8, 4) is 17.1 Å². The van der Waals surface area contributed by atoms with Gasteiger partial charge in [-0.05, 0) is 42.8 Å². The number of nitrogens with zero attached hydrogens (tertiary/aromatic N) is 6. The number of ether oxygens (including phenoxy) is 2. The number of halogens is 4. The number of aromatic nitrogens is 6. The van der Waals surface area contributed by atoms with Crippen LogP contribution in [-0.2, 0) is 29.2 Å². The number of hydrogen-bond donors (Lipinski definition) is 2. The molecule has 2 amide bonds. The highest BCUT2D eigenvalue weighted by molar-refractivity contribution is 6.30. The molecule has 4 N–H and O–H groups in total. The molecule has 0 saturated carbocycles. The second-order valence-corrected chi connectivity index (χ2v) is 9.04. The first-order valence-electron chi connectivity index (χ1n) is 11.7. The van der Waals surface area contributed by atoms with Crippen molar-refractivity contribution in [2.24, 2.45) is 11.5 Å². The first-order chi connectivity index (χ1) is 19.3. The van der Waals surface area contributed by atoms with E-state index >= 15 is 0 Å². The highest BCUT2D eigenvalue weighted by Gasteiger charge is 2.44. The Morgan fingerprint density at radius 2 is 1.73 bits per heavy atom. The molecule has 41 heavy (non-hydrogen) atoms. The lowest BCUT2D eigenvalue weighted by Crippen LogP contribution is -2.41. The molecule has 0 saturated heterocycles. The number of aryl methyl sites for hydroxylation is 1. The summed E-state index contributed by atoms with van der Waals surface area (Å²) in [5, 5.41) is 8.95. The smallest absolute Gasteiger partial charge is 0.427 e. The zero-order chi connectivity index (χ0) is 29.9. The maximum atomic E-state index is 13.6. The third-order valence-corrected chi connectivity index (χ3v) is 5.95. The molecule has 17 heteroatoms. The maximum absolute atomic E-state index is 13.6. The van der Waals surface area contributed by atoms with Gasteiger partial charge in [-0.25, -0.2) is 28.7 Å². The summed E-state index contributed by atoms with van der Waals surface area (Å²) in [6.45, 7) is -0.0623. The van der Waals surface area contributed by atoms with Crippen molar-refractivity contribution in [3.63, 3.8) is 0 Å². The number of amides is 2. The number of rotatable bonds is 9. The van der Waals surface area contributed by atoms with Gasteiger partial charge in [0.2, 0.25) is 6.10 Å². The van der Waals surface area contributed by atoms with E-state index in [1.807, 2.05) is 13.0 Å². The van der Waals surface area contributed by atoms with Crippen molar-refractivity contribution in [1.82, 2.24) is 29.1 Å². The summed E-state index contributed by atoms with van der Waals surface area (Å²) >= 11 is 5.94. The van der Waals surface area contributed by atoms with Crippen LogP contribution in [0.2, 0.25) is 5.02 Å². The molecule has 0 spiro atoms. The molecular weight excluding hydrogens is 573 g/mol. The van der Waals surface area contributed by atoms with Gasteiger partial charge in [-0.3, -0.25) is 4.57 Å². The highest BCUT2D eigenvalue weighted by Crippen LogP contribution is 2.26. The Morgan fingerprint density at radius 3 is 2.34 bits per heavy atom. The molecule has 4 aromatic rings. The molecule has 2 aromatic heterocycles. The van der Waals surface area contributed by atoms with Crippen LogP contribution in [0.1, 0.15) is 17.2 Å². The third-order valence-electron chi connectivity index (χ3n) is 5.69. The third kappa shape index (κ3) is 6.84. The highest BCUT2D eigenvalue weighted by atomic mass is 35.5. The number of primary amides is 2. The fourth-order valence-electron chi connectivity index (χ4n) is 3.85. The monoisotopic (exact) mass is 594 g/mol.